The first kappa shape index (κ1) is 30.1. The third-order valence-corrected chi connectivity index (χ3v) is 14.6. The second-order valence-electron chi connectivity index (χ2n) is 10.1. The summed E-state index contributed by atoms with van der Waals surface area (Å²) in [6.07, 6.45) is 3.12. The van der Waals surface area contributed by atoms with Crippen molar-refractivity contribution >= 4 is 37.4 Å². The van der Waals surface area contributed by atoms with Gasteiger partial charge in [0, 0.05) is 43.1 Å². The van der Waals surface area contributed by atoms with Crippen molar-refractivity contribution in [2.75, 3.05) is 12.3 Å². The smallest absolute Gasteiger partial charge is 0.100 e. The van der Waals surface area contributed by atoms with Gasteiger partial charge in [-0.3, -0.25) is 0 Å². The average Bonchev–Trinajstić information content (AvgIpc) is 2.74. The first-order valence-corrected chi connectivity index (χ1v) is 15.9. The number of benzene rings is 3. The van der Waals surface area contributed by atoms with E-state index in [2.05, 4.69) is 67.5 Å². The molecule has 0 saturated carbocycles. The summed E-state index contributed by atoms with van der Waals surface area (Å²) in [5.41, 5.74) is 4.58. The Labute approximate surface area is 215 Å². The van der Waals surface area contributed by atoms with Crippen LogP contribution in [0.25, 0.3) is 21.5 Å². The molecule has 3 aromatic rings. The maximum atomic E-state index is 9.28. The zero-order valence-electron chi connectivity index (χ0n) is 21.7. The summed E-state index contributed by atoms with van der Waals surface area (Å²) in [5, 5.41) is 13.6. The summed E-state index contributed by atoms with van der Waals surface area (Å²) in [5.74, 6) is 0. The molecule has 0 N–H and O–H groups in total. The molecule has 0 atom stereocenters. The second kappa shape index (κ2) is 14.4. The van der Waals surface area contributed by atoms with Crippen molar-refractivity contribution in [1.29, 1.82) is 5.26 Å². The summed E-state index contributed by atoms with van der Waals surface area (Å²) in [7, 11) is -0.229. The minimum atomic E-state index is -0.114. The van der Waals surface area contributed by atoms with Crippen molar-refractivity contribution in [1.82, 2.24) is 0 Å². The third kappa shape index (κ3) is 8.33. The normalized spacial score (nSPS) is 11.4. The van der Waals surface area contributed by atoms with Crippen LogP contribution in [-0.2, 0) is 16.5 Å². The largest absolute Gasteiger partial charge is 0.192 e. The molecular formula is C29H43NNiP2+2. The Balaban J connectivity index is 0.000000320. The SMILES string of the molecule is CC(C)[PH+](CC[PH+](C(C)C)C(C)C)C(C)C.N#Cc1c2ccccc2cc2ccccc12.[Ni]. The topological polar surface area (TPSA) is 23.8 Å². The van der Waals surface area contributed by atoms with Gasteiger partial charge in [0.25, 0.3) is 0 Å². The van der Waals surface area contributed by atoms with Crippen LogP contribution in [0.2, 0.25) is 0 Å². The van der Waals surface area contributed by atoms with Crippen molar-refractivity contribution < 1.29 is 16.5 Å². The Kier molecular flexibility index (Phi) is 13.1. The van der Waals surface area contributed by atoms with Gasteiger partial charge in [-0.1, -0.05) is 48.5 Å². The van der Waals surface area contributed by atoms with Gasteiger partial charge in [-0.15, -0.1) is 0 Å². The Hall–Kier alpha value is -0.976. The molecule has 0 saturated heterocycles. The predicted octanol–water partition coefficient (Wildman–Crippen LogP) is 8.91. The fourth-order valence-corrected chi connectivity index (χ4v) is 12.2. The van der Waals surface area contributed by atoms with Crippen LogP contribution in [0.5, 0.6) is 0 Å². The van der Waals surface area contributed by atoms with E-state index < -0.39 is 0 Å². The molecule has 1 nitrogen and oxygen atoms in total. The summed E-state index contributed by atoms with van der Waals surface area (Å²) in [6, 6.07) is 20.5. The molecule has 0 aliphatic heterocycles. The molecule has 0 amide bonds. The maximum Gasteiger partial charge on any atom is 0.100 e. The van der Waals surface area contributed by atoms with E-state index in [4.69, 9.17) is 0 Å². The quantitative estimate of drug-likeness (QED) is 0.171. The van der Waals surface area contributed by atoms with E-state index in [1.165, 1.54) is 0 Å². The van der Waals surface area contributed by atoms with Gasteiger partial charge in [0.15, 0.2) is 0 Å². The molecule has 0 unspecified atom stereocenters. The van der Waals surface area contributed by atoms with Crippen LogP contribution in [-0.4, -0.2) is 35.0 Å². The van der Waals surface area contributed by atoms with E-state index in [9.17, 15) is 5.26 Å². The van der Waals surface area contributed by atoms with Crippen molar-refractivity contribution in [3.63, 3.8) is 0 Å². The van der Waals surface area contributed by atoms with Crippen LogP contribution < -0.4 is 0 Å². The van der Waals surface area contributed by atoms with E-state index in [1.807, 2.05) is 48.5 Å². The molecule has 0 radical (unpaired) electrons. The predicted molar refractivity (Wildman–Crippen MR) is 153 cm³/mol. The van der Waals surface area contributed by atoms with E-state index in [-0.39, 0.29) is 32.3 Å². The summed E-state index contributed by atoms with van der Waals surface area (Å²) in [4.78, 5) is 0. The van der Waals surface area contributed by atoms with Crippen molar-refractivity contribution in [3.8, 4) is 6.07 Å². The van der Waals surface area contributed by atoms with Crippen LogP contribution in [0, 0.1) is 11.3 Å². The number of hydrogen-bond acceptors (Lipinski definition) is 1. The van der Waals surface area contributed by atoms with Crippen LogP contribution in [0.15, 0.2) is 54.6 Å². The zero-order chi connectivity index (χ0) is 23.8. The summed E-state index contributed by atoms with van der Waals surface area (Å²) in [6.45, 7) is 19.5. The number of nitriles is 1. The van der Waals surface area contributed by atoms with Gasteiger partial charge >= 0.3 is 0 Å². The second-order valence-corrected chi connectivity index (χ2v) is 18.0. The molecular weight excluding hydrogens is 483 g/mol. The van der Waals surface area contributed by atoms with Gasteiger partial charge in [0.2, 0.25) is 0 Å². The number of hydrogen-bond donors (Lipinski definition) is 0. The zero-order valence-corrected chi connectivity index (χ0v) is 24.7. The van der Waals surface area contributed by atoms with Crippen molar-refractivity contribution in [3.05, 3.63) is 60.2 Å². The van der Waals surface area contributed by atoms with Crippen molar-refractivity contribution in [2.24, 2.45) is 0 Å². The van der Waals surface area contributed by atoms with Gasteiger partial charge in [-0.2, -0.15) is 5.26 Å². The number of nitrogens with zero attached hydrogens (tertiary/aromatic N) is 1. The Bertz CT molecular complexity index is 947. The fraction of sp³-hybridized carbons (Fsp3) is 0.483. The Morgan fingerprint density at radius 1 is 0.636 bits per heavy atom. The molecule has 182 valence electrons. The number of rotatable bonds is 7. The van der Waals surface area contributed by atoms with E-state index in [1.54, 1.807) is 12.3 Å². The molecule has 0 aliphatic carbocycles. The molecule has 0 aliphatic rings. The Morgan fingerprint density at radius 3 is 1.27 bits per heavy atom. The molecule has 0 fully saturated rings. The van der Waals surface area contributed by atoms with Gasteiger partial charge in [0.05, 0.1) is 40.5 Å². The van der Waals surface area contributed by atoms with Gasteiger partial charge in [0.1, 0.15) is 6.07 Å². The molecule has 3 rings (SSSR count). The summed E-state index contributed by atoms with van der Waals surface area (Å²) >= 11 is 0. The molecule has 3 aromatic carbocycles. The minimum Gasteiger partial charge on any atom is -0.192 e. The van der Waals surface area contributed by atoms with Gasteiger partial charge in [-0.05, 0) is 72.2 Å². The van der Waals surface area contributed by atoms with E-state index >= 15 is 0 Å². The Morgan fingerprint density at radius 2 is 0.970 bits per heavy atom. The van der Waals surface area contributed by atoms with Crippen LogP contribution >= 0.6 is 15.8 Å². The van der Waals surface area contributed by atoms with Crippen LogP contribution in [0.1, 0.15) is 61.0 Å². The van der Waals surface area contributed by atoms with Crippen LogP contribution in [0.4, 0.5) is 0 Å². The fourth-order valence-electron chi connectivity index (χ4n) is 4.91. The molecule has 33 heavy (non-hydrogen) atoms. The molecule has 0 spiro atoms. The van der Waals surface area contributed by atoms with Gasteiger partial charge < -0.3 is 0 Å². The standard InChI is InChI=1S/C15H9N.C14H32P2.Ni/c16-10-15-13-7-3-1-5-11(13)9-12-6-2-4-8-14(12)15;1-11(2)15(12(3)4)9-10-16(13(5)6)14(7)8;/h1-9H;11-14H,9-10H2,1-8H3;/p+2. The first-order chi connectivity index (χ1) is 15.2. The van der Waals surface area contributed by atoms with Gasteiger partial charge in [-0.25, -0.2) is 0 Å². The average molecular weight is 526 g/mol. The molecule has 4 heteroatoms. The minimum absolute atomic E-state index is 0. The molecule has 0 heterocycles. The van der Waals surface area contributed by atoms with Crippen molar-refractivity contribution in [2.45, 2.75) is 78.0 Å². The monoisotopic (exact) mass is 525 g/mol. The first-order valence-electron chi connectivity index (χ1n) is 12.2. The van der Waals surface area contributed by atoms with Crippen LogP contribution in [0.3, 0.4) is 0 Å². The third-order valence-electron chi connectivity index (χ3n) is 6.55. The number of fused-ring (bicyclic) bond motifs is 2. The molecule has 0 bridgehead atoms. The van der Waals surface area contributed by atoms with E-state index in [0.717, 1.165) is 49.7 Å². The molecule has 0 aromatic heterocycles. The summed E-state index contributed by atoms with van der Waals surface area (Å²) < 4.78 is 0. The van der Waals surface area contributed by atoms with E-state index in [0.29, 0.717) is 0 Å². The maximum absolute atomic E-state index is 9.28.